The van der Waals surface area contributed by atoms with E-state index in [1.54, 1.807) is 42.2 Å². The molecule has 0 spiro atoms. The van der Waals surface area contributed by atoms with Gasteiger partial charge in [-0.15, -0.1) is 0 Å². The van der Waals surface area contributed by atoms with E-state index in [0.29, 0.717) is 12.4 Å². The van der Waals surface area contributed by atoms with Crippen molar-refractivity contribution in [1.29, 1.82) is 0 Å². The third-order valence-corrected chi connectivity index (χ3v) is 5.01. The van der Waals surface area contributed by atoms with Gasteiger partial charge in [-0.05, 0) is 13.0 Å². The first-order valence-electron chi connectivity index (χ1n) is 8.43. The van der Waals surface area contributed by atoms with Crippen LogP contribution in [0.4, 0.5) is 0 Å². The lowest BCUT2D eigenvalue weighted by atomic mass is 9.93. The number of carbonyl (C=O) groups is 2. The van der Waals surface area contributed by atoms with Crippen molar-refractivity contribution in [3.05, 3.63) is 41.3 Å². The molecule has 1 saturated heterocycles. The van der Waals surface area contributed by atoms with Gasteiger partial charge in [-0.25, -0.2) is 4.98 Å². The Kier molecular flexibility index (Phi) is 4.92. The number of hydrogen-bond acceptors (Lipinski definition) is 5. The minimum Gasteiger partial charge on any atom is -0.481 e. The lowest BCUT2D eigenvalue weighted by Gasteiger charge is -2.24. The number of aryl methyl sites for hydroxylation is 1. The van der Waals surface area contributed by atoms with Crippen molar-refractivity contribution in [2.45, 2.75) is 25.9 Å². The minimum atomic E-state index is -0.460. The lowest BCUT2D eigenvalue weighted by Crippen LogP contribution is -2.34. The van der Waals surface area contributed by atoms with Gasteiger partial charge in [-0.1, -0.05) is 6.07 Å². The van der Waals surface area contributed by atoms with E-state index in [0.717, 1.165) is 16.8 Å². The number of rotatable bonds is 5. The molecule has 0 unspecified atom stereocenters. The maximum Gasteiger partial charge on any atom is 0.226 e. The SMILES string of the molecule is COc1ncccc1CNC(=O)[C@H]1CC(=O)N(C)[C@@H]1c1cnn(C)c1C. The molecular weight excluding hydrogens is 334 g/mol. The van der Waals surface area contributed by atoms with Crippen LogP contribution in [0.3, 0.4) is 0 Å². The molecule has 0 aliphatic carbocycles. The highest BCUT2D eigenvalue weighted by atomic mass is 16.5. The summed E-state index contributed by atoms with van der Waals surface area (Å²) in [5, 5.41) is 7.17. The van der Waals surface area contributed by atoms with E-state index in [2.05, 4.69) is 15.4 Å². The van der Waals surface area contributed by atoms with Crippen LogP contribution in [0.5, 0.6) is 5.88 Å². The molecule has 1 N–H and O–H groups in total. The van der Waals surface area contributed by atoms with E-state index in [4.69, 9.17) is 4.74 Å². The monoisotopic (exact) mass is 357 g/mol. The number of nitrogens with one attached hydrogen (secondary N) is 1. The van der Waals surface area contributed by atoms with Gasteiger partial charge >= 0.3 is 0 Å². The molecule has 0 radical (unpaired) electrons. The summed E-state index contributed by atoms with van der Waals surface area (Å²) in [5.41, 5.74) is 2.64. The molecule has 2 amide bonds. The highest BCUT2D eigenvalue weighted by Gasteiger charge is 2.43. The summed E-state index contributed by atoms with van der Waals surface area (Å²) in [4.78, 5) is 30.9. The molecule has 2 aromatic rings. The molecule has 1 aliphatic rings. The summed E-state index contributed by atoms with van der Waals surface area (Å²) in [6.07, 6.45) is 3.56. The molecule has 1 fully saturated rings. The Bertz CT molecular complexity index is 832. The molecule has 8 nitrogen and oxygen atoms in total. The van der Waals surface area contributed by atoms with Crippen molar-refractivity contribution in [2.24, 2.45) is 13.0 Å². The van der Waals surface area contributed by atoms with Crippen molar-refractivity contribution in [1.82, 2.24) is 25.0 Å². The zero-order valence-electron chi connectivity index (χ0n) is 15.4. The fraction of sp³-hybridized carbons (Fsp3) is 0.444. The van der Waals surface area contributed by atoms with E-state index in [1.807, 2.05) is 20.0 Å². The molecule has 138 valence electrons. The Labute approximate surface area is 152 Å². The van der Waals surface area contributed by atoms with E-state index >= 15 is 0 Å². The third kappa shape index (κ3) is 3.14. The summed E-state index contributed by atoms with van der Waals surface area (Å²) in [6.45, 7) is 2.23. The number of likely N-dealkylation sites (tertiary alicyclic amines) is 1. The standard InChI is InChI=1S/C18H23N5O3/c1-11-14(10-21-23(11)3)16-13(8-15(24)22(16)2)17(25)20-9-12-6-5-7-19-18(12)26-4/h5-7,10,13,16H,8-9H2,1-4H3,(H,20,25)/t13-,16-/m0/s1. The van der Waals surface area contributed by atoms with E-state index < -0.39 is 5.92 Å². The van der Waals surface area contributed by atoms with Crippen LogP contribution < -0.4 is 10.1 Å². The number of ether oxygens (including phenoxy) is 1. The molecule has 0 bridgehead atoms. The number of carbonyl (C=O) groups excluding carboxylic acids is 2. The average Bonchev–Trinajstić information content (AvgIpc) is 3.12. The number of pyridine rings is 1. The highest BCUT2D eigenvalue weighted by Crippen LogP contribution is 2.38. The smallest absolute Gasteiger partial charge is 0.226 e. The van der Waals surface area contributed by atoms with Crippen LogP contribution >= 0.6 is 0 Å². The van der Waals surface area contributed by atoms with Crippen LogP contribution in [0.25, 0.3) is 0 Å². The number of amides is 2. The average molecular weight is 357 g/mol. The zero-order chi connectivity index (χ0) is 18.8. The summed E-state index contributed by atoms with van der Waals surface area (Å²) < 4.78 is 6.96. The Balaban J connectivity index is 1.79. The summed E-state index contributed by atoms with van der Waals surface area (Å²) in [5.74, 6) is -0.190. The number of aromatic nitrogens is 3. The molecule has 1 aliphatic heterocycles. The van der Waals surface area contributed by atoms with Gasteiger partial charge < -0.3 is 15.0 Å². The Hall–Kier alpha value is -2.90. The fourth-order valence-electron chi connectivity index (χ4n) is 3.39. The molecule has 26 heavy (non-hydrogen) atoms. The molecule has 0 saturated carbocycles. The fourth-order valence-corrected chi connectivity index (χ4v) is 3.39. The summed E-state index contributed by atoms with van der Waals surface area (Å²) >= 11 is 0. The van der Waals surface area contributed by atoms with Gasteiger partial charge in [0.25, 0.3) is 0 Å². The van der Waals surface area contributed by atoms with Gasteiger partial charge in [0.05, 0.1) is 25.3 Å². The van der Waals surface area contributed by atoms with Crippen LogP contribution in [-0.2, 0) is 23.2 Å². The quantitative estimate of drug-likeness (QED) is 0.861. The Morgan fingerprint density at radius 3 is 2.85 bits per heavy atom. The first-order valence-corrected chi connectivity index (χ1v) is 8.43. The van der Waals surface area contributed by atoms with Crippen molar-refractivity contribution < 1.29 is 14.3 Å². The number of nitrogens with zero attached hydrogens (tertiary/aromatic N) is 4. The van der Waals surface area contributed by atoms with Gasteiger partial charge in [0, 0.05) is 50.1 Å². The zero-order valence-corrected chi connectivity index (χ0v) is 15.4. The molecule has 2 atom stereocenters. The molecule has 2 aromatic heterocycles. The lowest BCUT2D eigenvalue weighted by molar-refractivity contribution is -0.128. The van der Waals surface area contributed by atoms with Crippen molar-refractivity contribution in [3.63, 3.8) is 0 Å². The van der Waals surface area contributed by atoms with E-state index in [1.165, 1.54) is 0 Å². The summed E-state index contributed by atoms with van der Waals surface area (Å²) in [6, 6.07) is 3.33. The van der Waals surface area contributed by atoms with Crippen LogP contribution in [-0.4, -0.2) is 45.6 Å². The van der Waals surface area contributed by atoms with Crippen molar-refractivity contribution in [3.8, 4) is 5.88 Å². The maximum atomic E-state index is 12.8. The molecule has 8 heteroatoms. The summed E-state index contributed by atoms with van der Waals surface area (Å²) in [7, 11) is 5.12. The van der Waals surface area contributed by atoms with Gasteiger partial charge in [0.1, 0.15) is 0 Å². The Morgan fingerprint density at radius 2 is 2.19 bits per heavy atom. The molecule has 0 aromatic carbocycles. The predicted octanol–water partition coefficient (Wildman–Crippen LogP) is 0.968. The van der Waals surface area contributed by atoms with Crippen LogP contribution in [0.1, 0.15) is 29.3 Å². The van der Waals surface area contributed by atoms with Crippen LogP contribution in [0.2, 0.25) is 0 Å². The van der Waals surface area contributed by atoms with Crippen molar-refractivity contribution >= 4 is 11.8 Å². The Morgan fingerprint density at radius 1 is 1.42 bits per heavy atom. The highest BCUT2D eigenvalue weighted by molar-refractivity contribution is 5.90. The maximum absolute atomic E-state index is 12.8. The number of methoxy groups -OCH3 is 1. The van der Waals surface area contributed by atoms with Crippen LogP contribution in [0.15, 0.2) is 24.5 Å². The van der Waals surface area contributed by atoms with Gasteiger partial charge in [-0.2, -0.15) is 5.10 Å². The predicted molar refractivity (Wildman–Crippen MR) is 94.2 cm³/mol. The first kappa shape index (κ1) is 17.9. The van der Waals surface area contributed by atoms with E-state index in [9.17, 15) is 9.59 Å². The second-order valence-electron chi connectivity index (χ2n) is 6.46. The largest absolute Gasteiger partial charge is 0.481 e. The first-order chi connectivity index (χ1) is 12.4. The molecule has 3 rings (SSSR count). The second kappa shape index (κ2) is 7.15. The second-order valence-corrected chi connectivity index (χ2v) is 6.46. The minimum absolute atomic E-state index is 0.0441. The van der Waals surface area contributed by atoms with Crippen molar-refractivity contribution in [2.75, 3.05) is 14.2 Å². The van der Waals surface area contributed by atoms with Gasteiger partial charge in [0.2, 0.25) is 17.7 Å². The molecule has 3 heterocycles. The molecular formula is C18H23N5O3. The normalized spacial score (nSPS) is 19.7. The third-order valence-electron chi connectivity index (χ3n) is 5.01. The number of hydrogen-bond donors (Lipinski definition) is 1. The van der Waals surface area contributed by atoms with Gasteiger partial charge in [-0.3, -0.25) is 14.3 Å². The van der Waals surface area contributed by atoms with Crippen LogP contribution in [0, 0.1) is 12.8 Å². The topological polar surface area (TPSA) is 89.3 Å². The van der Waals surface area contributed by atoms with Gasteiger partial charge in [0.15, 0.2) is 0 Å². The van der Waals surface area contributed by atoms with E-state index in [-0.39, 0.29) is 24.3 Å².